The molecule has 0 N–H and O–H groups in total. The van der Waals surface area contributed by atoms with E-state index >= 15 is 0 Å². The molecule has 0 aromatic carbocycles. The van der Waals surface area contributed by atoms with Crippen molar-refractivity contribution < 1.29 is 65.2 Å². The first kappa shape index (κ1) is 33.8. The Hall–Kier alpha value is -3.19. The first-order valence-electron chi connectivity index (χ1n) is 11.4. The zero-order valence-corrected chi connectivity index (χ0v) is 21.3. The fourth-order valence-electron chi connectivity index (χ4n) is 2.71. The molecule has 0 radical (unpaired) electrons. The molecule has 2 unspecified atom stereocenters. The minimum absolute atomic E-state index is 0.0399. The van der Waals surface area contributed by atoms with Crippen LogP contribution in [0.4, 0.5) is 17.6 Å². The predicted octanol–water partition coefficient (Wildman–Crippen LogP) is 3.15. The van der Waals surface area contributed by atoms with Crippen molar-refractivity contribution in [3.8, 4) is 0 Å². The van der Waals surface area contributed by atoms with Gasteiger partial charge in [0.1, 0.15) is 0 Å². The van der Waals surface area contributed by atoms with E-state index in [2.05, 4.69) is 25.5 Å². The molecule has 0 rings (SSSR count). The van der Waals surface area contributed by atoms with Gasteiger partial charge >= 0.3 is 41.7 Å². The fraction of sp³-hybridized carbons (Fsp3) is 0.696. The van der Waals surface area contributed by atoms with Crippen LogP contribution in [0.15, 0.2) is 12.2 Å². The number of rotatable bonds is 16. The molecule has 0 saturated carbocycles. The molecule has 37 heavy (non-hydrogen) atoms. The van der Waals surface area contributed by atoms with Crippen LogP contribution in [0.1, 0.15) is 53.9 Å². The maximum Gasteiger partial charge on any atom is 0.381 e. The minimum Gasteiger partial charge on any atom is -0.462 e. The van der Waals surface area contributed by atoms with E-state index in [1.165, 1.54) is 20.8 Å². The van der Waals surface area contributed by atoms with E-state index in [4.69, 9.17) is 4.74 Å². The smallest absolute Gasteiger partial charge is 0.381 e. The molecular formula is C23H32F4O10. The number of hydrogen-bond acceptors (Lipinski definition) is 10. The van der Waals surface area contributed by atoms with E-state index in [1.807, 2.05) is 0 Å². The summed E-state index contributed by atoms with van der Waals surface area (Å²) in [7, 11) is 0. The highest BCUT2D eigenvalue weighted by molar-refractivity contribution is 5.95. The molecule has 0 aromatic heterocycles. The van der Waals surface area contributed by atoms with Gasteiger partial charge in [-0.15, -0.1) is 0 Å². The summed E-state index contributed by atoms with van der Waals surface area (Å²) in [6, 6.07) is 0. The van der Waals surface area contributed by atoms with Crippen LogP contribution in [0.2, 0.25) is 0 Å². The number of carbonyl (C=O) groups is 5. The molecule has 0 heterocycles. The van der Waals surface area contributed by atoms with Gasteiger partial charge in [0.05, 0.1) is 19.8 Å². The van der Waals surface area contributed by atoms with Crippen molar-refractivity contribution in [1.82, 2.24) is 0 Å². The number of esters is 5. The topological polar surface area (TPSA) is 132 Å². The van der Waals surface area contributed by atoms with Gasteiger partial charge in [-0.25, -0.2) is 14.4 Å². The molecule has 0 amide bonds. The van der Waals surface area contributed by atoms with Crippen LogP contribution in [-0.4, -0.2) is 73.7 Å². The lowest BCUT2D eigenvalue weighted by molar-refractivity contribution is -0.206. The van der Waals surface area contributed by atoms with E-state index < -0.39 is 98.9 Å². The lowest BCUT2D eigenvalue weighted by Crippen LogP contribution is -2.48. The van der Waals surface area contributed by atoms with E-state index in [0.717, 1.165) is 13.8 Å². The van der Waals surface area contributed by atoms with Crippen LogP contribution in [0.3, 0.4) is 0 Å². The van der Waals surface area contributed by atoms with E-state index in [-0.39, 0.29) is 5.57 Å². The average Bonchev–Trinajstić information content (AvgIpc) is 2.82. The first-order valence-corrected chi connectivity index (χ1v) is 11.4. The van der Waals surface area contributed by atoms with Crippen molar-refractivity contribution in [1.29, 1.82) is 0 Å². The summed E-state index contributed by atoms with van der Waals surface area (Å²) in [5.41, 5.74) is -0.0399. The molecule has 0 spiro atoms. The number of halogens is 4. The summed E-state index contributed by atoms with van der Waals surface area (Å²) in [6.07, 6.45) is -6.67. The summed E-state index contributed by atoms with van der Waals surface area (Å²) in [5.74, 6) is -19.0. The molecule has 0 fully saturated rings. The second-order valence-electron chi connectivity index (χ2n) is 7.61. The summed E-state index contributed by atoms with van der Waals surface area (Å²) < 4.78 is 80.4. The van der Waals surface area contributed by atoms with Gasteiger partial charge in [-0.05, 0) is 33.6 Å². The Morgan fingerprint density at radius 3 is 1.41 bits per heavy atom. The van der Waals surface area contributed by atoms with Gasteiger partial charge in [0.25, 0.3) is 0 Å². The van der Waals surface area contributed by atoms with Gasteiger partial charge in [0.2, 0.25) is 0 Å². The van der Waals surface area contributed by atoms with Crippen LogP contribution >= 0.6 is 0 Å². The van der Waals surface area contributed by atoms with Gasteiger partial charge in [-0.2, -0.15) is 17.6 Å². The Kier molecular flexibility index (Phi) is 13.8. The van der Waals surface area contributed by atoms with Crippen LogP contribution in [0.25, 0.3) is 0 Å². The van der Waals surface area contributed by atoms with Gasteiger partial charge in [0, 0.05) is 12.0 Å². The van der Waals surface area contributed by atoms with Crippen molar-refractivity contribution in [2.75, 3.05) is 19.8 Å². The third-order valence-corrected chi connectivity index (χ3v) is 4.72. The number of carbonyl (C=O) groups excluding carboxylic acids is 5. The number of ether oxygens (including phenoxy) is 5. The highest BCUT2D eigenvalue weighted by Crippen LogP contribution is 2.29. The third-order valence-electron chi connectivity index (χ3n) is 4.72. The highest BCUT2D eigenvalue weighted by atomic mass is 19.3. The largest absolute Gasteiger partial charge is 0.462 e. The molecule has 212 valence electrons. The first-order chi connectivity index (χ1) is 17.1. The quantitative estimate of drug-likeness (QED) is 0.0939. The second-order valence-corrected chi connectivity index (χ2v) is 7.61. The zero-order chi connectivity index (χ0) is 29.0. The minimum atomic E-state index is -4.30. The van der Waals surface area contributed by atoms with Crippen molar-refractivity contribution >= 4 is 29.8 Å². The lowest BCUT2D eigenvalue weighted by atomic mass is 10.0. The Morgan fingerprint density at radius 2 is 1.11 bits per heavy atom. The fourth-order valence-corrected chi connectivity index (χ4v) is 2.71. The number of hydrogen-bond donors (Lipinski definition) is 0. The van der Waals surface area contributed by atoms with E-state index in [0.29, 0.717) is 0 Å². The zero-order valence-electron chi connectivity index (χ0n) is 21.3. The SMILES string of the molecule is C=C(C)C(=O)OCCC(C(=O)OC(CC)C(F)(F)C(=O)OCC)C(=O)OC(CC)C(F)(F)C(=O)OCC. The van der Waals surface area contributed by atoms with Gasteiger partial charge in [-0.1, -0.05) is 20.4 Å². The Morgan fingerprint density at radius 1 is 0.730 bits per heavy atom. The molecule has 0 aliphatic rings. The van der Waals surface area contributed by atoms with Gasteiger partial charge in [-0.3, -0.25) is 9.59 Å². The van der Waals surface area contributed by atoms with E-state index in [1.54, 1.807) is 0 Å². The third kappa shape index (κ3) is 9.65. The number of alkyl halides is 4. The maximum atomic E-state index is 14.4. The molecular weight excluding hydrogens is 512 g/mol. The maximum absolute atomic E-state index is 14.4. The second kappa shape index (κ2) is 15.2. The van der Waals surface area contributed by atoms with Gasteiger partial charge < -0.3 is 23.7 Å². The van der Waals surface area contributed by atoms with Crippen LogP contribution in [0, 0.1) is 5.92 Å². The Labute approximate surface area is 211 Å². The molecule has 0 bridgehead atoms. The van der Waals surface area contributed by atoms with Crippen molar-refractivity contribution in [2.24, 2.45) is 5.92 Å². The molecule has 10 nitrogen and oxygen atoms in total. The van der Waals surface area contributed by atoms with Crippen LogP contribution in [0.5, 0.6) is 0 Å². The normalized spacial score (nSPS) is 14.0. The summed E-state index contributed by atoms with van der Waals surface area (Å²) in [4.78, 5) is 60.2. The highest BCUT2D eigenvalue weighted by Gasteiger charge is 2.53. The predicted molar refractivity (Wildman–Crippen MR) is 117 cm³/mol. The average molecular weight is 544 g/mol. The Balaban J connectivity index is 5.93. The summed E-state index contributed by atoms with van der Waals surface area (Å²) in [6.45, 7) is 8.04. The van der Waals surface area contributed by atoms with Crippen molar-refractivity contribution in [3.05, 3.63) is 12.2 Å². The summed E-state index contributed by atoms with van der Waals surface area (Å²) in [5, 5.41) is 0. The molecule has 0 aromatic rings. The molecule has 0 aliphatic heterocycles. The molecule has 2 atom stereocenters. The Bertz CT molecular complexity index is 791. The molecule has 14 heteroatoms. The standard InChI is InChI=1S/C23H32F4O10/c1-7-15(22(24,25)20(31)33-9-3)36-18(29)14(11-12-35-17(28)13(5)6)19(30)37-16(8-2)23(26,27)21(32)34-10-4/h14-16H,5,7-12H2,1-4,6H3. The van der Waals surface area contributed by atoms with Crippen LogP contribution in [-0.2, 0) is 47.7 Å². The molecule has 0 aliphatic carbocycles. The monoisotopic (exact) mass is 544 g/mol. The van der Waals surface area contributed by atoms with E-state index in [9.17, 15) is 41.5 Å². The lowest BCUT2D eigenvalue weighted by Gasteiger charge is -2.27. The summed E-state index contributed by atoms with van der Waals surface area (Å²) >= 11 is 0. The van der Waals surface area contributed by atoms with Gasteiger partial charge in [0.15, 0.2) is 18.1 Å². The van der Waals surface area contributed by atoms with Crippen molar-refractivity contribution in [2.45, 2.75) is 77.9 Å². The van der Waals surface area contributed by atoms with Crippen LogP contribution < -0.4 is 0 Å². The van der Waals surface area contributed by atoms with Crippen molar-refractivity contribution in [3.63, 3.8) is 0 Å². The molecule has 0 saturated heterocycles.